The van der Waals surface area contributed by atoms with E-state index < -0.39 is 15.9 Å². The number of nitriles is 1. The van der Waals surface area contributed by atoms with Gasteiger partial charge in [-0.3, -0.25) is 4.72 Å². The first-order valence-corrected chi connectivity index (χ1v) is 7.20. The molecule has 0 saturated heterocycles. The number of rotatable bonds is 3. The van der Waals surface area contributed by atoms with E-state index in [2.05, 4.69) is 16.1 Å². The Hall–Kier alpha value is -2.26. The predicted octanol–water partition coefficient (Wildman–Crippen LogP) is 1.11. The molecule has 1 aromatic carbocycles. The van der Waals surface area contributed by atoms with Gasteiger partial charge < -0.3 is 5.32 Å². The number of hydrogen-bond donors (Lipinski definition) is 2. The van der Waals surface area contributed by atoms with E-state index in [9.17, 15) is 8.42 Å². The maximum atomic E-state index is 12.1. The summed E-state index contributed by atoms with van der Waals surface area (Å²) in [6, 6.07) is 10.1. The molecule has 1 atom stereocenters. The molecule has 0 saturated carbocycles. The second-order valence-corrected chi connectivity index (χ2v) is 5.65. The zero-order valence-corrected chi connectivity index (χ0v) is 10.9. The molecule has 0 aliphatic carbocycles. The van der Waals surface area contributed by atoms with Gasteiger partial charge in [0.1, 0.15) is 5.82 Å². The summed E-state index contributed by atoms with van der Waals surface area (Å²) in [6.07, 6.45) is 5.05. The van der Waals surface area contributed by atoms with Crippen molar-refractivity contribution in [1.82, 2.24) is 10.0 Å². The lowest BCUT2D eigenvalue weighted by Crippen LogP contribution is -2.31. The third-order valence-electron chi connectivity index (χ3n) is 2.55. The molecule has 98 valence electrons. The molecular formula is C13H13N3O2S. The van der Waals surface area contributed by atoms with Crippen LogP contribution in [0.5, 0.6) is 0 Å². The first kappa shape index (κ1) is 13.2. The molecule has 2 N–H and O–H groups in total. The van der Waals surface area contributed by atoms with Gasteiger partial charge in [0.25, 0.3) is 10.0 Å². The van der Waals surface area contributed by atoms with Crippen molar-refractivity contribution in [3.05, 3.63) is 54.4 Å². The van der Waals surface area contributed by atoms with Gasteiger partial charge in [0.05, 0.1) is 16.9 Å². The van der Waals surface area contributed by atoms with Crippen molar-refractivity contribution in [2.24, 2.45) is 5.92 Å². The van der Waals surface area contributed by atoms with Gasteiger partial charge in [-0.05, 0) is 18.2 Å². The van der Waals surface area contributed by atoms with Gasteiger partial charge >= 0.3 is 0 Å². The van der Waals surface area contributed by atoms with Gasteiger partial charge in [-0.25, -0.2) is 8.42 Å². The van der Waals surface area contributed by atoms with Crippen molar-refractivity contribution in [3.8, 4) is 6.07 Å². The Morgan fingerprint density at radius 1 is 1.32 bits per heavy atom. The lowest BCUT2D eigenvalue weighted by molar-refractivity contribution is 0.585. The molecule has 1 unspecified atom stereocenters. The van der Waals surface area contributed by atoms with Crippen LogP contribution in [0, 0.1) is 17.2 Å². The summed E-state index contributed by atoms with van der Waals surface area (Å²) in [4.78, 5) is 0.184. The highest BCUT2D eigenvalue weighted by Gasteiger charge is 2.16. The topological polar surface area (TPSA) is 82.0 Å². The predicted molar refractivity (Wildman–Crippen MR) is 71.1 cm³/mol. The van der Waals surface area contributed by atoms with Crippen LogP contribution in [0.3, 0.4) is 0 Å². The summed E-state index contributed by atoms with van der Waals surface area (Å²) < 4.78 is 26.7. The standard InChI is InChI=1S/C13H13N3O2S/c14-10-11-5-4-8-15-13(9-11)16-19(17,18)12-6-2-1-3-7-12/h1-7,9,11,15-16H,8H2. The van der Waals surface area contributed by atoms with Crippen LogP contribution >= 0.6 is 0 Å². The summed E-state index contributed by atoms with van der Waals surface area (Å²) in [5, 5.41) is 11.8. The molecule has 1 aromatic rings. The van der Waals surface area contributed by atoms with Crippen molar-refractivity contribution < 1.29 is 8.42 Å². The van der Waals surface area contributed by atoms with Gasteiger partial charge in [-0.15, -0.1) is 0 Å². The summed E-state index contributed by atoms with van der Waals surface area (Å²) in [7, 11) is -3.63. The Labute approximate surface area is 112 Å². The average molecular weight is 275 g/mol. The van der Waals surface area contributed by atoms with E-state index in [1.165, 1.54) is 12.1 Å². The summed E-state index contributed by atoms with van der Waals surface area (Å²) in [6.45, 7) is 0.474. The van der Waals surface area contributed by atoms with E-state index in [1.807, 2.05) is 0 Å². The molecule has 1 aliphatic rings. The number of nitrogens with one attached hydrogen (secondary N) is 2. The van der Waals surface area contributed by atoms with Crippen molar-refractivity contribution in [2.45, 2.75) is 4.90 Å². The second kappa shape index (κ2) is 5.59. The number of hydrogen-bond acceptors (Lipinski definition) is 4. The molecule has 0 fully saturated rings. The first-order valence-electron chi connectivity index (χ1n) is 5.72. The van der Waals surface area contributed by atoms with E-state index in [0.29, 0.717) is 12.4 Å². The van der Waals surface area contributed by atoms with E-state index in [0.717, 1.165) is 0 Å². The van der Waals surface area contributed by atoms with Gasteiger partial charge in [0.2, 0.25) is 0 Å². The largest absolute Gasteiger partial charge is 0.368 e. The minimum absolute atomic E-state index is 0.184. The Morgan fingerprint density at radius 3 is 2.74 bits per heavy atom. The van der Waals surface area contributed by atoms with Crippen molar-refractivity contribution >= 4 is 10.0 Å². The van der Waals surface area contributed by atoms with Crippen LogP contribution in [0.15, 0.2) is 59.3 Å². The van der Waals surface area contributed by atoms with Crippen LogP contribution in [0.25, 0.3) is 0 Å². The number of sulfonamides is 1. The van der Waals surface area contributed by atoms with Crippen molar-refractivity contribution in [3.63, 3.8) is 0 Å². The van der Waals surface area contributed by atoms with E-state index in [1.54, 1.807) is 36.4 Å². The van der Waals surface area contributed by atoms with E-state index in [-0.39, 0.29) is 4.90 Å². The Kier molecular flexibility index (Phi) is 3.88. The highest BCUT2D eigenvalue weighted by Crippen LogP contribution is 2.11. The first-order chi connectivity index (χ1) is 9.12. The van der Waals surface area contributed by atoms with E-state index in [4.69, 9.17) is 5.26 Å². The molecule has 19 heavy (non-hydrogen) atoms. The van der Waals surface area contributed by atoms with Gasteiger partial charge in [0.15, 0.2) is 0 Å². The fourth-order valence-corrected chi connectivity index (χ4v) is 2.69. The van der Waals surface area contributed by atoms with Crippen molar-refractivity contribution in [2.75, 3.05) is 6.54 Å². The quantitative estimate of drug-likeness (QED) is 0.809. The molecule has 5 nitrogen and oxygen atoms in total. The maximum absolute atomic E-state index is 12.1. The fraction of sp³-hybridized carbons (Fsp3) is 0.154. The molecular weight excluding hydrogens is 262 g/mol. The lowest BCUT2D eigenvalue weighted by Gasteiger charge is -2.12. The molecule has 0 aromatic heterocycles. The zero-order valence-electron chi connectivity index (χ0n) is 10.1. The maximum Gasteiger partial charge on any atom is 0.262 e. The number of allylic oxidation sites excluding steroid dienone is 2. The Bertz CT molecular complexity index is 642. The molecule has 1 heterocycles. The fourth-order valence-electron chi connectivity index (χ4n) is 1.63. The highest BCUT2D eigenvalue weighted by atomic mass is 32.2. The SMILES string of the molecule is N#CC1C=CCNC(NS(=O)(=O)c2ccccc2)=C1. The zero-order chi connectivity index (χ0) is 13.7. The molecule has 0 bridgehead atoms. The lowest BCUT2D eigenvalue weighted by atomic mass is 10.1. The number of nitrogens with zero attached hydrogens (tertiary/aromatic N) is 1. The molecule has 0 radical (unpaired) electrons. The summed E-state index contributed by atoms with van der Waals surface area (Å²) >= 11 is 0. The monoisotopic (exact) mass is 275 g/mol. The van der Waals surface area contributed by atoms with E-state index >= 15 is 0 Å². The third kappa shape index (κ3) is 3.36. The molecule has 0 amide bonds. The van der Waals surface area contributed by atoms with Crippen LogP contribution in [-0.2, 0) is 10.0 Å². The normalized spacial score (nSPS) is 18.7. The molecule has 2 rings (SSSR count). The molecule has 6 heteroatoms. The van der Waals surface area contributed by atoms with Gasteiger partial charge in [-0.2, -0.15) is 5.26 Å². The highest BCUT2D eigenvalue weighted by molar-refractivity contribution is 7.89. The average Bonchev–Trinajstić information content (AvgIpc) is 2.64. The minimum Gasteiger partial charge on any atom is -0.368 e. The second-order valence-electron chi connectivity index (χ2n) is 3.96. The van der Waals surface area contributed by atoms with Crippen LogP contribution in [0.4, 0.5) is 0 Å². The molecule has 0 spiro atoms. The van der Waals surface area contributed by atoms with Crippen LogP contribution in [0.2, 0.25) is 0 Å². The van der Waals surface area contributed by atoms with Crippen LogP contribution < -0.4 is 10.0 Å². The van der Waals surface area contributed by atoms with Crippen LogP contribution in [0.1, 0.15) is 0 Å². The van der Waals surface area contributed by atoms with Gasteiger partial charge in [-0.1, -0.05) is 30.4 Å². The third-order valence-corrected chi connectivity index (χ3v) is 3.93. The Morgan fingerprint density at radius 2 is 2.05 bits per heavy atom. The van der Waals surface area contributed by atoms with Gasteiger partial charge in [0, 0.05) is 6.54 Å². The van der Waals surface area contributed by atoms with Crippen molar-refractivity contribution in [1.29, 1.82) is 5.26 Å². The smallest absolute Gasteiger partial charge is 0.262 e. The van der Waals surface area contributed by atoms with Crippen LogP contribution in [-0.4, -0.2) is 15.0 Å². The Balaban J connectivity index is 2.22. The summed E-state index contributed by atoms with van der Waals surface area (Å²) in [5.41, 5.74) is 0. The molecule has 1 aliphatic heterocycles. The number of benzene rings is 1. The summed E-state index contributed by atoms with van der Waals surface area (Å²) in [5.74, 6) is -0.121. The minimum atomic E-state index is -3.63.